The minimum absolute atomic E-state index is 0.0231. The van der Waals surface area contributed by atoms with Crippen molar-refractivity contribution in [3.63, 3.8) is 0 Å². The van der Waals surface area contributed by atoms with Gasteiger partial charge in [0.05, 0.1) is 0 Å². The molecular weight excluding hydrogens is 254 g/mol. The molecule has 0 aliphatic rings. The molecule has 1 aromatic rings. The van der Waals surface area contributed by atoms with E-state index in [0.29, 0.717) is 12.5 Å². The molecule has 0 saturated carbocycles. The molecule has 1 unspecified atom stereocenters. The molecule has 0 aliphatic heterocycles. The maximum atomic E-state index is 11.9. The van der Waals surface area contributed by atoms with Crippen molar-refractivity contribution < 1.29 is 14.7 Å². The lowest BCUT2D eigenvalue weighted by atomic mass is 9.97. The summed E-state index contributed by atoms with van der Waals surface area (Å²) in [4.78, 5) is 22.3. The van der Waals surface area contributed by atoms with E-state index in [1.807, 2.05) is 45.0 Å². The first-order valence-corrected chi connectivity index (χ1v) is 6.68. The van der Waals surface area contributed by atoms with Crippen molar-refractivity contribution in [3.05, 3.63) is 41.5 Å². The second-order valence-electron chi connectivity index (χ2n) is 5.17. The zero-order valence-electron chi connectivity index (χ0n) is 12.1. The van der Waals surface area contributed by atoms with Gasteiger partial charge in [-0.3, -0.25) is 4.79 Å². The standard InChI is InChI=1S/C16H21NO3/c1-11(2)12(3)16(20)17-10-14-6-4-5-13(9-14)7-8-15(18)19/h4-9,11-12H,10H2,1-3H3,(H,17,20)(H,18,19). The van der Waals surface area contributed by atoms with Gasteiger partial charge in [-0.15, -0.1) is 0 Å². The molecule has 0 aliphatic carbocycles. The Balaban J connectivity index is 2.63. The zero-order valence-corrected chi connectivity index (χ0v) is 12.1. The molecule has 2 N–H and O–H groups in total. The SMILES string of the molecule is CC(C)C(C)C(=O)NCc1cccc(C=CC(=O)O)c1. The fourth-order valence-electron chi connectivity index (χ4n) is 1.63. The quantitative estimate of drug-likeness (QED) is 0.784. The van der Waals surface area contributed by atoms with Crippen LogP contribution in [-0.2, 0) is 16.1 Å². The van der Waals surface area contributed by atoms with Crippen LogP contribution in [0.1, 0.15) is 31.9 Å². The summed E-state index contributed by atoms with van der Waals surface area (Å²) >= 11 is 0. The number of aliphatic carboxylic acids is 1. The molecule has 20 heavy (non-hydrogen) atoms. The highest BCUT2D eigenvalue weighted by molar-refractivity contribution is 5.85. The molecular formula is C16H21NO3. The van der Waals surface area contributed by atoms with Crippen molar-refractivity contribution in [2.75, 3.05) is 0 Å². The van der Waals surface area contributed by atoms with Crippen molar-refractivity contribution in [2.24, 2.45) is 11.8 Å². The molecule has 0 saturated heterocycles. The lowest BCUT2D eigenvalue weighted by Gasteiger charge is -2.15. The molecule has 1 aromatic carbocycles. The third-order valence-electron chi connectivity index (χ3n) is 3.25. The molecule has 4 nitrogen and oxygen atoms in total. The number of nitrogens with one attached hydrogen (secondary N) is 1. The van der Waals surface area contributed by atoms with Crippen LogP contribution >= 0.6 is 0 Å². The van der Waals surface area contributed by atoms with Gasteiger partial charge in [-0.25, -0.2) is 4.79 Å². The summed E-state index contributed by atoms with van der Waals surface area (Å²) in [6, 6.07) is 7.43. The van der Waals surface area contributed by atoms with E-state index in [2.05, 4.69) is 5.32 Å². The minimum Gasteiger partial charge on any atom is -0.478 e. The highest BCUT2D eigenvalue weighted by Gasteiger charge is 2.15. The summed E-state index contributed by atoms with van der Waals surface area (Å²) in [6.07, 6.45) is 2.63. The smallest absolute Gasteiger partial charge is 0.328 e. The normalized spacial score (nSPS) is 12.6. The van der Waals surface area contributed by atoms with Crippen molar-refractivity contribution in [1.82, 2.24) is 5.32 Å². The van der Waals surface area contributed by atoms with Crippen molar-refractivity contribution >= 4 is 18.0 Å². The van der Waals surface area contributed by atoms with E-state index in [-0.39, 0.29) is 11.8 Å². The molecule has 1 atom stereocenters. The van der Waals surface area contributed by atoms with Crippen LogP contribution in [-0.4, -0.2) is 17.0 Å². The number of amides is 1. The summed E-state index contributed by atoms with van der Waals surface area (Å²) in [5, 5.41) is 11.5. The van der Waals surface area contributed by atoms with E-state index in [9.17, 15) is 9.59 Å². The Morgan fingerprint density at radius 3 is 2.60 bits per heavy atom. The Kier molecular flexibility index (Phi) is 5.97. The largest absolute Gasteiger partial charge is 0.478 e. The van der Waals surface area contributed by atoms with Crippen molar-refractivity contribution in [3.8, 4) is 0 Å². The van der Waals surface area contributed by atoms with Gasteiger partial charge in [-0.2, -0.15) is 0 Å². The summed E-state index contributed by atoms with van der Waals surface area (Å²) in [5.74, 6) is -0.661. The molecule has 108 valence electrons. The summed E-state index contributed by atoms with van der Waals surface area (Å²) in [7, 11) is 0. The maximum Gasteiger partial charge on any atom is 0.328 e. The lowest BCUT2D eigenvalue weighted by Crippen LogP contribution is -2.31. The fraction of sp³-hybridized carbons (Fsp3) is 0.375. The number of carbonyl (C=O) groups excluding carboxylic acids is 1. The highest BCUT2D eigenvalue weighted by atomic mass is 16.4. The lowest BCUT2D eigenvalue weighted by molar-refractivity contribution is -0.131. The summed E-state index contributed by atoms with van der Waals surface area (Å²) < 4.78 is 0. The number of carboxylic acids is 1. The minimum atomic E-state index is -0.977. The van der Waals surface area contributed by atoms with Crippen LogP contribution in [0.2, 0.25) is 0 Å². The Labute approximate surface area is 119 Å². The van der Waals surface area contributed by atoms with E-state index >= 15 is 0 Å². The monoisotopic (exact) mass is 275 g/mol. The van der Waals surface area contributed by atoms with E-state index in [0.717, 1.165) is 17.2 Å². The average molecular weight is 275 g/mol. The molecule has 0 fully saturated rings. The van der Waals surface area contributed by atoms with Crippen LogP contribution in [0.15, 0.2) is 30.3 Å². The Hall–Kier alpha value is -2.10. The van der Waals surface area contributed by atoms with Gasteiger partial charge in [-0.1, -0.05) is 39.0 Å². The average Bonchev–Trinajstić information content (AvgIpc) is 2.42. The number of hydrogen-bond donors (Lipinski definition) is 2. The Morgan fingerprint density at radius 2 is 2.00 bits per heavy atom. The number of carboxylic acid groups (broad SMARTS) is 1. The Morgan fingerprint density at radius 1 is 1.30 bits per heavy atom. The summed E-state index contributed by atoms with van der Waals surface area (Å²) in [6.45, 7) is 6.39. The second-order valence-corrected chi connectivity index (χ2v) is 5.17. The van der Waals surface area contributed by atoms with Gasteiger partial charge in [0.15, 0.2) is 0 Å². The zero-order chi connectivity index (χ0) is 15.1. The van der Waals surface area contributed by atoms with Crippen LogP contribution in [0.5, 0.6) is 0 Å². The first-order valence-electron chi connectivity index (χ1n) is 6.68. The van der Waals surface area contributed by atoms with Crippen LogP contribution in [0.4, 0.5) is 0 Å². The topological polar surface area (TPSA) is 66.4 Å². The van der Waals surface area contributed by atoms with Gasteiger partial charge >= 0.3 is 5.97 Å². The van der Waals surface area contributed by atoms with Crippen molar-refractivity contribution in [1.29, 1.82) is 0 Å². The van der Waals surface area contributed by atoms with E-state index in [1.54, 1.807) is 0 Å². The fourth-order valence-corrected chi connectivity index (χ4v) is 1.63. The molecule has 0 bridgehead atoms. The van der Waals surface area contributed by atoms with E-state index in [1.165, 1.54) is 6.08 Å². The van der Waals surface area contributed by atoms with E-state index < -0.39 is 5.97 Å². The van der Waals surface area contributed by atoms with Crippen LogP contribution in [0.25, 0.3) is 6.08 Å². The molecule has 1 amide bonds. The molecule has 1 rings (SSSR count). The Bertz CT molecular complexity index is 506. The van der Waals surface area contributed by atoms with Gasteiger partial charge in [0.1, 0.15) is 0 Å². The number of rotatable bonds is 6. The molecule has 0 spiro atoms. The highest BCUT2D eigenvalue weighted by Crippen LogP contribution is 2.11. The van der Waals surface area contributed by atoms with Gasteiger partial charge in [-0.05, 0) is 29.2 Å². The van der Waals surface area contributed by atoms with Crippen LogP contribution in [0, 0.1) is 11.8 Å². The van der Waals surface area contributed by atoms with Gasteiger partial charge in [0.2, 0.25) is 5.91 Å². The number of hydrogen-bond acceptors (Lipinski definition) is 2. The molecule has 0 aromatic heterocycles. The van der Waals surface area contributed by atoms with Crippen molar-refractivity contribution in [2.45, 2.75) is 27.3 Å². The molecule has 0 radical (unpaired) electrons. The van der Waals surface area contributed by atoms with Gasteiger partial charge < -0.3 is 10.4 Å². The predicted octanol–water partition coefficient (Wildman–Crippen LogP) is 2.69. The van der Waals surface area contributed by atoms with Crippen LogP contribution < -0.4 is 5.32 Å². The molecule has 0 heterocycles. The third-order valence-corrected chi connectivity index (χ3v) is 3.25. The van der Waals surface area contributed by atoms with Crippen LogP contribution in [0.3, 0.4) is 0 Å². The number of carbonyl (C=O) groups is 2. The van der Waals surface area contributed by atoms with Gasteiger partial charge in [0, 0.05) is 18.5 Å². The first kappa shape index (κ1) is 16.0. The predicted molar refractivity (Wildman–Crippen MR) is 79.0 cm³/mol. The molecule has 4 heteroatoms. The third kappa shape index (κ3) is 5.26. The summed E-state index contributed by atoms with van der Waals surface area (Å²) in [5.41, 5.74) is 1.75. The van der Waals surface area contributed by atoms with E-state index in [4.69, 9.17) is 5.11 Å². The number of benzene rings is 1. The second kappa shape index (κ2) is 7.48. The maximum absolute atomic E-state index is 11.9. The van der Waals surface area contributed by atoms with Gasteiger partial charge in [0.25, 0.3) is 0 Å². The first-order chi connectivity index (χ1) is 9.40.